The van der Waals surface area contributed by atoms with E-state index in [1.54, 1.807) is 0 Å². The quantitative estimate of drug-likeness (QED) is 0.0890. The van der Waals surface area contributed by atoms with Gasteiger partial charge in [-0.05, 0) is 19.3 Å². The topological polar surface area (TPSA) is 63.6 Å². The lowest BCUT2D eigenvalue weighted by Crippen LogP contribution is -2.05. The first-order valence-corrected chi connectivity index (χ1v) is 15.0. The van der Waals surface area contributed by atoms with E-state index < -0.39 is 5.97 Å². The maximum Gasteiger partial charge on any atom is 0.305 e. The third-order valence-corrected chi connectivity index (χ3v) is 6.78. The van der Waals surface area contributed by atoms with Crippen molar-refractivity contribution in [2.24, 2.45) is 0 Å². The molecule has 0 spiro atoms. The van der Waals surface area contributed by atoms with Crippen molar-refractivity contribution in [3.8, 4) is 0 Å². The Morgan fingerprint density at radius 2 is 0.794 bits per heavy atom. The lowest BCUT2D eigenvalue weighted by molar-refractivity contribution is -0.144. The van der Waals surface area contributed by atoms with Crippen LogP contribution in [0.3, 0.4) is 0 Å². The van der Waals surface area contributed by atoms with Gasteiger partial charge in [0.25, 0.3) is 0 Å². The SMILES string of the molecule is CCCCCCCCCCCCCCCCCC(=O)OCCCCCCCCCCCC(=O)O. The van der Waals surface area contributed by atoms with E-state index in [1.165, 1.54) is 109 Å². The van der Waals surface area contributed by atoms with Gasteiger partial charge in [-0.2, -0.15) is 0 Å². The Balaban J connectivity index is 3.15. The number of rotatable bonds is 28. The van der Waals surface area contributed by atoms with Gasteiger partial charge in [0.1, 0.15) is 0 Å². The Morgan fingerprint density at radius 3 is 1.18 bits per heavy atom. The molecule has 0 unspecified atom stereocenters. The van der Waals surface area contributed by atoms with E-state index in [-0.39, 0.29) is 5.97 Å². The monoisotopic (exact) mass is 482 g/mol. The van der Waals surface area contributed by atoms with Crippen molar-refractivity contribution in [2.75, 3.05) is 6.61 Å². The average Bonchev–Trinajstić information content (AvgIpc) is 2.82. The van der Waals surface area contributed by atoms with Crippen molar-refractivity contribution >= 4 is 11.9 Å². The molecule has 0 saturated carbocycles. The van der Waals surface area contributed by atoms with Gasteiger partial charge in [-0.15, -0.1) is 0 Å². The van der Waals surface area contributed by atoms with Gasteiger partial charge in [0, 0.05) is 12.8 Å². The summed E-state index contributed by atoms with van der Waals surface area (Å²) in [5.41, 5.74) is 0. The molecule has 4 heteroatoms. The van der Waals surface area contributed by atoms with E-state index in [0.29, 0.717) is 19.4 Å². The lowest BCUT2D eigenvalue weighted by atomic mass is 10.0. The van der Waals surface area contributed by atoms with Crippen molar-refractivity contribution in [1.82, 2.24) is 0 Å². The molecule has 0 aromatic heterocycles. The van der Waals surface area contributed by atoms with Crippen LogP contribution in [-0.4, -0.2) is 23.7 Å². The summed E-state index contributed by atoms with van der Waals surface area (Å²) in [6.45, 7) is 2.85. The van der Waals surface area contributed by atoms with Crippen molar-refractivity contribution in [1.29, 1.82) is 0 Å². The van der Waals surface area contributed by atoms with E-state index in [9.17, 15) is 9.59 Å². The summed E-state index contributed by atoms with van der Waals surface area (Å²) in [6, 6.07) is 0. The number of hydrogen-bond donors (Lipinski definition) is 1. The number of hydrogen-bond acceptors (Lipinski definition) is 3. The van der Waals surface area contributed by atoms with Crippen LogP contribution in [0.1, 0.15) is 174 Å². The largest absolute Gasteiger partial charge is 0.481 e. The molecule has 0 aliphatic carbocycles. The number of unbranched alkanes of at least 4 members (excludes halogenated alkanes) is 22. The Kier molecular flexibility index (Phi) is 27.3. The Bertz CT molecular complexity index is 436. The summed E-state index contributed by atoms with van der Waals surface area (Å²) in [5, 5.41) is 8.60. The first-order valence-electron chi connectivity index (χ1n) is 15.0. The van der Waals surface area contributed by atoms with E-state index in [2.05, 4.69) is 6.92 Å². The summed E-state index contributed by atoms with van der Waals surface area (Å²) in [4.78, 5) is 22.3. The minimum Gasteiger partial charge on any atom is -0.481 e. The second kappa shape index (κ2) is 28.2. The number of carbonyl (C=O) groups is 2. The smallest absolute Gasteiger partial charge is 0.305 e. The third kappa shape index (κ3) is 29.0. The summed E-state index contributed by atoms with van der Waals surface area (Å²) in [5.74, 6) is -0.702. The fourth-order valence-electron chi connectivity index (χ4n) is 4.51. The molecule has 4 nitrogen and oxygen atoms in total. The average molecular weight is 483 g/mol. The maximum atomic E-state index is 11.8. The second-order valence-electron chi connectivity index (χ2n) is 10.2. The molecule has 34 heavy (non-hydrogen) atoms. The van der Waals surface area contributed by atoms with Crippen molar-refractivity contribution < 1.29 is 19.4 Å². The highest BCUT2D eigenvalue weighted by atomic mass is 16.5. The van der Waals surface area contributed by atoms with Crippen LogP contribution in [0.5, 0.6) is 0 Å². The zero-order chi connectivity index (χ0) is 25.0. The molecule has 202 valence electrons. The summed E-state index contributed by atoms with van der Waals surface area (Å²) in [6.07, 6.45) is 31.0. The Morgan fingerprint density at radius 1 is 0.471 bits per heavy atom. The molecule has 0 aliphatic rings. The Hall–Kier alpha value is -1.06. The molecule has 0 aromatic rings. The summed E-state index contributed by atoms with van der Waals surface area (Å²) >= 11 is 0. The van der Waals surface area contributed by atoms with Crippen LogP contribution >= 0.6 is 0 Å². The molecule has 1 N–H and O–H groups in total. The molecule has 0 aromatic carbocycles. The molecule has 0 heterocycles. The third-order valence-electron chi connectivity index (χ3n) is 6.78. The van der Waals surface area contributed by atoms with Crippen LogP contribution in [-0.2, 0) is 14.3 Å². The Labute approximate surface area is 212 Å². The predicted molar refractivity (Wildman–Crippen MR) is 144 cm³/mol. The van der Waals surface area contributed by atoms with E-state index >= 15 is 0 Å². The first-order chi connectivity index (χ1) is 16.7. The molecule has 0 fully saturated rings. The molecule has 0 bridgehead atoms. The van der Waals surface area contributed by atoms with Crippen LogP contribution < -0.4 is 0 Å². The number of aliphatic carboxylic acids is 1. The van der Waals surface area contributed by atoms with Crippen molar-refractivity contribution in [2.45, 2.75) is 174 Å². The number of ether oxygens (including phenoxy) is 1. The number of esters is 1. The van der Waals surface area contributed by atoms with E-state index in [0.717, 1.165) is 44.9 Å². The fraction of sp³-hybridized carbons (Fsp3) is 0.933. The normalized spacial score (nSPS) is 11.1. The van der Waals surface area contributed by atoms with Gasteiger partial charge in [0.05, 0.1) is 6.61 Å². The molecular formula is C30H58O4. The minimum absolute atomic E-state index is 0.0175. The van der Waals surface area contributed by atoms with Crippen molar-refractivity contribution in [3.05, 3.63) is 0 Å². The molecule has 0 aliphatic heterocycles. The van der Waals surface area contributed by atoms with Gasteiger partial charge >= 0.3 is 11.9 Å². The zero-order valence-electron chi connectivity index (χ0n) is 22.8. The highest BCUT2D eigenvalue weighted by molar-refractivity contribution is 5.69. The highest BCUT2D eigenvalue weighted by Crippen LogP contribution is 2.14. The van der Waals surface area contributed by atoms with Gasteiger partial charge in [-0.1, -0.05) is 142 Å². The second-order valence-corrected chi connectivity index (χ2v) is 10.2. The van der Waals surface area contributed by atoms with E-state index in [4.69, 9.17) is 9.84 Å². The molecular weight excluding hydrogens is 424 g/mol. The van der Waals surface area contributed by atoms with Gasteiger partial charge in [-0.25, -0.2) is 0 Å². The molecule has 0 amide bonds. The van der Waals surface area contributed by atoms with E-state index in [1.807, 2.05) is 0 Å². The predicted octanol–water partition coefficient (Wildman–Crippen LogP) is 9.78. The molecule has 0 rings (SSSR count). The zero-order valence-corrected chi connectivity index (χ0v) is 22.8. The number of carboxylic acids is 1. The van der Waals surface area contributed by atoms with Crippen LogP contribution in [0.15, 0.2) is 0 Å². The van der Waals surface area contributed by atoms with Crippen LogP contribution in [0, 0.1) is 0 Å². The van der Waals surface area contributed by atoms with Gasteiger partial charge in [0.2, 0.25) is 0 Å². The standard InChI is InChI=1S/C30H58O4/c1-2-3-4-5-6-7-8-9-10-11-12-15-18-21-24-27-30(33)34-28-25-22-19-16-13-14-17-20-23-26-29(31)32/h2-28H2,1H3,(H,31,32). The molecule has 0 atom stereocenters. The summed E-state index contributed by atoms with van der Waals surface area (Å²) in [7, 11) is 0. The fourth-order valence-corrected chi connectivity index (χ4v) is 4.51. The number of carbonyl (C=O) groups excluding carboxylic acids is 1. The molecule has 0 saturated heterocycles. The maximum absolute atomic E-state index is 11.8. The lowest BCUT2D eigenvalue weighted by Gasteiger charge is -2.06. The first kappa shape index (κ1) is 32.9. The van der Waals surface area contributed by atoms with Crippen LogP contribution in [0.4, 0.5) is 0 Å². The number of carboxylic acid groups (broad SMARTS) is 1. The van der Waals surface area contributed by atoms with Crippen molar-refractivity contribution in [3.63, 3.8) is 0 Å². The molecule has 0 radical (unpaired) electrons. The van der Waals surface area contributed by atoms with Crippen LogP contribution in [0.25, 0.3) is 0 Å². The van der Waals surface area contributed by atoms with Crippen LogP contribution in [0.2, 0.25) is 0 Å². The van der Waals surface area contributed by atoms with Gasteiger partial charge < -0.3 is 9.84 Å². The highest BCUT2D eigenvalue weighted by Gasteiger charge is 2.03. The summed E-state index contributed by atoms with van der Waals surface area (Å²) < 4.78 is 5.37. The van der Waals surface area contributed by atoms with Gasteiger partial charge in [0.15, 0.2) is 0 Å². The minimum atomic E-state index is -0.685. The van der Waals surface area contributed by atoms with Gasteiger partial charge in [-0.3, -0.25) is 9.59 Å².